The number of rotatable bonds is 5. The molecule has 3 rings (SSSR count). The molecule has 0 saturated heterocycles. The molecule has 0 aliphatic heterocycles. The second kappa shape index (κ2) is 7.01. The largest absolute Gasteiger partial charge is 0.490 e. The van der Waals surface area contributed by atoms with Gasteiger partial charge in [0.05, 0.1) is 28.3 Å². The fraction of sp³-hybridized carbons (Fsp3) is 0.222. The fourth-order valence-corrected chi connectivity index (χ4v) is 2.38. The molecule has 0 fully saturated rings. The van der Waals surface area contributed by atoms with Crippen LogP contribution in [0, 0.1) is 25.2 Å². The number of nitrogens with zero attached hydrogens (tertiary/aromatic N) is 3. The fourth-order valence-electron chi connectivity index (χ4n) is 2.38. The van der Waals surface area contributed by atoms with Crippen LogP contribution in [0.5, 0.6) is 5.75 Å². The maximum Gasteiger partial charge on any atom is 0.339 e. The van der Waals surface area contributed by atoms with Crippen molar-refractivity contribution < 1.29 is 18.8 Å². The molecular formula is C18H15N3O4. The van der Waals surface area contributed by atoms with Gasteiger partial charge in [-0.05, 0) is 44.2 Å². The quantitative estimate of drug-likeness (QED) is 0.521. The molecule has 2 heterocycles. The number of hydrogen-bond donors (Lipinski definition) is 0. The van der Waals surface area contributed by atoms with E-state index in [1.54, 1.807) is 44.2 Å². The zero-order valence-electron chi connectivity index (χ0n) is 13.8. The zero-order chi connectivity index (χ0) is 17.8. The van der Waals surface area contributed by atoms with E-state index in [1.807, 2.05) is 6.07 Å². The predicted octanol–water partition coefficient (Wildman–Crippen LogP) is 2.95. The molecule has 1 aromatic carbocycles. The van der Waals surface area contributed by atoms with Crippen molar-refractivity contribution in [1.82, 2.24) is 10.1 Å². The molecule has 2 aromatic heterocycles. The lowest BCUT2D eigenvalue weighted by Gasteiger charge is -2.08. The van der Waals surface area contributed by atoms with Crippen molar-refractivity contribution in [2.45, 2.75) is 13.8 Å². The summed E-state index contributed by atoms with van der Waals surface area (Å²) in [5.41, 5.74) is 2.48. The van der Waals surface area contributed by atoms with E-state index in [4.69, 9.17) is 19.3 Å². The van der Waals surface area contributed by atoms with Gasteiger partial charge in [-0.15, -0.1) is 0 Å². The third kappa shape index (κ3) is 3.58. The molecule has 25 heavy (non-hydrogen) atoms. The highest BCUT2D eigenvalue weighted by molar-refractivity contribution is 6.03. The lowest BCUT2D eigenvalue weighted by atomic mass is 10.1. The van der Waals surface area contributed by atoms with Gasteiger partial charge in [0.1, 0.15) is 19.0 Å². The first-order valence-corrected chi connectivity index (χ1v) is 7.62. The van der Waals surface area contributed by atoms with Crippen molar-refractivity contribution in [3.63, 3.8) is 0 Å². The summed E-state index contributed by atoms with van der Waals surface area (Å²) in [5, 5.41) is 13.1. The van der Waals surface area contributed by atoms with E-state index in [0.717, 1.165) is 0 Å². The minimum absolute atomic E-state index is 0.0893. The summed E-state index contributed by atoms with van der Waals surface area (Å²) in [4.78, 5) is 16.6. The highest BCUT2D eigenvalue weighted by Gasteiger charge is 2.18. The van der Waals surface area contributed by atoms with Crippen molar-refractivity contribution in [2.24, 2.45) is 0 Å². The van der Waals surface area contributed by atoms with Crippen molar-refractivity contribution in [2.75, 3.05) is 13.2 Å². The Hall–Kier alpha value is -3.40. The summed E-state index contributed by atoms with van der Waals surface area (Å²) < 4.78 is 15.9. The molecule has 7 heteroatoms. The second-order valence-electron chi connectivity index (χ2n) is 5.38. The van der Waals surface area contributed by atoms with Gasteiger partial charge in [-0.2, -0.15) is 5.26 Å². The summed E-state index contributed by atoms with van der Waals surface area (Å²) in [7, 11) is 0. The molecule has 0 N–H and O–H groups in total. The highest BCUT2D eigenvalue weighted by Crippen LogP contribution is 2.22. The van der Waals surface area contributed by atoms with Gasteiger partial charge in [-0.3, -0.25) is 0 Å². The topological polar surface area (TPSA) is 98.2 Å². The number of benzene rings is 1. The molecule has 0 unspecified atom stereocenters. The van der Waals surface area contributed by atoms with E-state index in [9.17, 15) is 4.79 Å². The molecular weight excluding hydrogens is 322 g/mol. The third-order valence-corrected chi connectivity index (χ3v) is 3.53. The average molecular weight is 337 g/mol. The first-order chi connectivity index (χ1) is 12.1. The van der Waals surface area contributed by atoms with Crippen LogP contribution in [-0.2, 0) is 4.74 Å². The Balaban J connectivity index is 1.61. The van der Waals surface area contributed by atoms with Gasteiger partial charge in [0.25, 0.3) is 5.71 Å². The summed E-state index contributed by atoms with van der Waals surface area (Å²) in [6, 6.07) is 10.4. The number of nitriles is 1. The van der Waals surface area contributed by atoms with Crippen LogP contribution in [0.2, 0.25) is 0 Å². The minimum atomic E-state index is -0.481. The predicted molar refractivity (Wildman–Crippen MR) is 88.2 cm³/mol. The van der Waals surface area contributed by atoms with Gasteiger partial charge in [0.15, 0.2) is 0 Å². The standard InChI is InChI=1S/C18H15N3O4/c1-11-9-15(16-12(2)21-25-17(16)20-11)18(22)24-8-7-23-14-5-3-13(10-19)4-6-14/h3-6,9H,7-8H2,1-2H3. The Kier molecular flexibility index (Phi) is 4.61. The van der Waals surface area contributed by atoms with E-state index in [-0.39, 0.29) is 13.2 Å². The van der Waals surface area contributed by atoms with Crippen LogP contribution in [0.4, 0.5) is 0 Å². The molecule has 0 atom stereocenters. The SMILES string of the molecule is Cc1cc(C(=O)OCCOc2ccc(C#N)cc2)c2c(C)noc2n1. The van der Waals surface area contributed by atoms with E-state index >= 15 is 0 Å². The van der Waals surface area contributed by atoms with Gasteiger partial charge < -0.3 is 14.0 Å². The number of fused-ring (bicyclic) bond motifs is 1. The van der Waals surface area contributed by atoms with E-state index in [1.165, 1.54) is 0 Å². The van der Waals surface area contributed by atoms with Crippen LogP contribution in [0.1, 0.15) is 27.3 Å². The summed E-state index contributed by atoms with van der Waals surface area (Å²) in [5.74, 6) is 0.123. The van der Waals surface area contributed by atoms with Crippen LogP contribution < -0.4 is 4.74 Å². The molecule has 0 aliphatic rings. The first kappa shape index (κ1) is 16.5. The van der Waals surface area contributed by atoms with Gasteiger partial charge in [0, 0.05) is 5.69 Å². The maximum atomic E-state index is 12.3. The average Bonchev–Trinajstić information content (AvgIpc) is 2.99. The maximum absolute atomic E-state index is 12.3. The van der Waals surface area contributed by atoms with Crippen molar-refractivity contribution >= 4 is 17.1 Å². The number of esters is 1. The third-order valence-electron chi connectivity index (χ3n) is 3.53. The Morgan fingerprint density at radius 2 is 2.00 bits per heavy atom. The molecule has 0 radical (unpaired) electrons. The van der Waals surface area contributed by atoms with Crippen LogP contribution in [0.15, 0.2) is 34.9 Å². The molecule has 0 bridgehead atoms. The molecule has 0 amide bonds. The second-order valence-corrected chi connectivity index (χ2v) is 5.38. The molecule has 0 spiro atoms. The number of aromatic nitrogens is 2. The molecule has 3 aromatic rings. The lowest BCUT2D eigenvalue weighted by molar-refractivity contribution is 0.0452. The number of hydrogen-bond acceptors (Lipinski definition) is 7. The zero-order valence-corrected chi connectivity index (χ0v) is 13.8. The van der Waals surface area contributed by atoms with Gasteiger partial charge in [-0.25, -0.2) is 9.78 Å². The number of carbonyl (C=O) groups excluding carboxylic acids is 1. The van der Waals surface area contributed by atoms with Crippen molar-refractivity contribution in [3.05, 3.63) is 52.8 Å². The first-order valence-electron chi connectivity index (χ1n) is 7.62. The van der Waals surface area contributed by atoms with E-state index in [0.29, 0.717) is 39.4 Å². The van der Waals surface area contributed by atoms with Gasteiger partial charge in [0.2, 0.25) is 0 Å². The molecule has 126 valence electrons. The lowest BCUT2D eigenvalue weighted by Crippen LogP contribution is -2.13. The Morgan fingerprint density at radius 1 is 1.24 bits per heavy atom. The number of carbonyl (C=O) groups is 1. The smallest absolute Gasteiger partial charge is 0.339 e. The minimum Gasteiger partial charge on any atom is -0.490 e. The van der Waals surface area contributed by atoms with Gasteiger partial charge >= 0.3 is 5.97 Å². The Labute approximate surface area is 143 Å². The molecule has 0 saturated carbocycles. The normalized spacial score (nSPS) is 10.4. The number of pyridine rings is 1. The van der Waals surface area contributed by atoms with E-state index in [2.05, 4.69) is 10.1 Å². The summed E-state index contributed by atoms with van der Waals surface area (Å²) in [6.45, 7) is 3.80. The van der Waals surface area contributed by atoms with E-state index < -0.39 is 5.97 Å². The number of aryl methyl sites for hydroxylation is 2. The Morgan fingerprint density at radius 3 is 2.72 bits per heavy atom. The summed E-state index contributed by atoms with van der Waals surface area (Å²) >= 11 is 0. The molecule has 7 nitrogen and oxygen atoms in total. The number of ether oxygens (including phenoxy) is 2. The highest BCUT2D eigenvalue weighted by atomic mass is 16.6. The van der Waals surface area contributed by atoms with Crippen molar-refractivity contribution in [1.29, 1.82) is 5.26 Å². The van der Waals surface area contributed by atoms with Crippen LogP contribution >= 0.6 is 0 Å². The monoisotopic (exact) mass is 337 g/mol. The Bertz CT molecular complexity index is 955. The van der Waals surface area contributed by atoms with Crippen LogP contribution in [-0.4, -0.2) is 29.3 Å². The van der Waals surface area contributed by atoms with Crippen LogP contribution in [0.3, 0.4) is 0 Å². The summed E-state index contributed by atoms with van der Waals surface area (Å²) in [6.07, 6.45) is 0. The van der Waals surface area contributed by atoms with Crippen molar-refractivity contribution in [3.8, 4) is 11.8 Å². The van der Waals surface area contributed by atoms with Crippen LogP contribution in [0.25, 0.3) is 11.1 Å². The molecule has 0 aliphatic carbocycles. The van der Waals surface area contributed by atoms with Gasteiger partial charge in [-0.1, -0.05) is 5.16 Å².